The van der Waals surface area contributed by atoms with Crippen LogP contribution in [0.2, 0.25) is 5.02 Å². The molecule has 1 aliphatic heterocycles. The molecule has 0 saturated carbocycles. The van der Waals surface area contributed by atoms with E-state index in [0.29, 0.717) is 0 Å². The molecule has 0 aliphatic carbocycles. The van der Waals surface area contributed by atoms with Gasteiger partial charge in [-0.25, -0.2) is 0 Å². The summed E-state index contributed by atoms with van der Waals surface area (Å²) in [5.41, 5.74) is 2.34. The topological polar surface area (TPSA) is 40.5 Å². The van der Waals surface area contributed by atoms with Crippen LogP contribution in [0.3, 0.4) is 0 Å². The molecular weight excluding hydrogens is 342 g/mol. The van der Waals surface area contributed by atoms with E-state index in [4.69, 9.17) is 11.6 Å². The highest BCUT2D eigenvalue weighted by Gasteiger charge is 2.29. The molecule has 1 heterocycles. The zero-order valence-electron chi connectivity index (χ0n) is 13.3. The fraction of sp³-hybridized carbons (Fsp3) is 0.316. The van der Waals surface area contributed by atoms with Gasteiger partial charge in [0.05, 0.1) is 0 Å². The van der Waals surface area contributed by atoms with E-state index in [1.54, 1.807) is 11.8 Å². The zero-order chi connectivity index (χ0) is 16.9. The predicted molar refractivity (Wildman–Crippen MR) is 99.8 cm³/mol. The van der Waals surface area contributed by atoms with Crippen LogP contribution in [0.25, 0.3) is 11.1 Å². The lowest BCUT2D eigenvalue weighted by molar-refractivity contribution is -0.142. The van der Waals surface area contributed by atoms with Crippen LogP contribution in [0.5, 0.6) is 0 Å². The van der Waals surface area contributed by atoms with Crippen LogP contribution in [0.4, 0.5) is 0 Å². The molecule has 2 aromatic carbocycles. The molecule has 1 aliphatic rings. The van der Waals surface area contributed by atoms with Crippen molar-refractivity contribution < 1.29 is 9.90 Å². The Kier molecular flexibility index (Phi) is 5.82. The summed E-state index contributed by atoms with van der Waals surface area (Å²) in [6.45, 7) is 1.65. The second-order valence-corrected chi connectivity index (χ2v) is 7.46. The first kappa shape index (κ1) is 17.3. The molecule has 1 N–H and O–H groups in total. The summed E-state index contributed by atoms with van der Waals surface area (Å²) >= 11 is 7.91. The minimum Gasteiger partial charge on any atom is -0.480 e. The number of rotatable bonds is 6. The Hall–Kier alpha value is -1.49. The molecular formula is C19H20ClNO2S. The maximum atomic E-state index is 11.3. The number of hydrogen-bond donors (Lipinski definition) is 1. The average molecular weight is 362 g/mol. The quantitative estimate of drug-likeness (QED) is 0.760. The van der Waals surface area contributed by atoms with Crippen molar-refractivity contribution in [3.05, 3.63) is 53.6 Å². The molecule has 126 valence electrons. The van der Waals surface area contributed by atoms with Gasteiger partial charge in [-0.05, 0) is 42.6 Å². The lowest BCUT2D eigenvalue weighted by Crippen LogP contribution is -2.37. The van der Waals surface area contributed by atoms with Crippen molar-refractivity contribution in [2.24, 2.45) is 0 Å². The normalized spacial score (nSPS) is 18.0. The molecule has 3 nitrogen and oxygen atoms in total. The number of carboxylic acids is 1. The summed E-state index contributed by atoms with van der Waals surface area (Å²) in [5.74, 6) is 0.148. The third kappa shape index (κ3) is 4.12. The number of thioether (sulfide) groups is 1. The van der Waals surface area contributed by atoms with E-state index in [0.717, 1.165) is 41.6 Å². The van der Waals surface area contributed by atoms with Crippen molar-refractivity contribution >= 4 is 29.3 Å². The highest BCUT2D eigenvalue weighted by atomic mass is 35.5. The fourth-order valence-corrected chi connectivity index (χ4v) is 4.45. The van der Waals surface area contributed by atoms with Gasteiger partial charge < -0.3 is 5.11 Å². The summed E-state index contributed by atoms with van der Waals surface area (Å²) in [6.07, 6.45) is 1.72. The summed E-state index contributed by atoms with van der Waals surface area (Å²) in [6, 6.07) is 15.9. The molecule has 0 spiro atoms. The molecule has 3 rings (SSSR count). The molecule has 0 aromatic heterocycles. The van der Waals surface area contributed by atoms with Crippen LogP contribution in [0.15, 0.2) is 53.4 Å². The molecule has 5 heteroatoms. The van der Waals surface area contributed by atoms with Crippen molar-refractivity contribution in [2.45, 2.75) is 23.8 Å². The van der Waals surface area contributed by atoms with Crippen LogP contribution in [-0.4, -0.2) is 40.9 Å². The van der Waals surface area contributed by atoms with Crippen LogP contribution in [0.1, 0.15) is 12.8 Å². The van der Waals surface area contributed by atoms with Crippen LogP contribution >= 0.6 is 23.4 Å². The summed E-state index contributed by atoms with van der Waals surface area (Å²) < 4.78 is 0. The molecule has 0 amide bonds. The van der Waals surface area contributed by atoms with Gasteiger partial charge >= 0.3 is 5.97 Å². The smallest absolute Gasteiger partial charge is 0.320 e. The van der Waals surface area contributed by atoms with Gasteiger partial charge in [0.25, 0.3) is 0 Å². The Labute approximate surface area is 151 Å². The Morgan fingerprint density at radius 3 is 2.79 bits per heavy atom. The van der Waals surface area contributed by atoms with E-state index in [1.165, 1.54) is 11.1 Å². The van der Waals surface area contributed by atoms with Gasteiger partial charge in [-0.2, -0.15) is 0 Å². The van der Waals surface area contributed by atoms with Crippen molar-refractivity contribution in [3.8, 4) is 11.1 Å². The van der Waals surface area contributed by atoms with Crippen LogP contribution in [-0.2, 0) is 4.79 Å². The molecule has 1 fully saturated rings. The number of halogens is 1. The first-order valence-electron chi connectivity index (χ1n) is 8.10. The molecule has 0 radical (unpaired) electrons. The van der Waals surface area contributed by atoms with Gasteiger partial charge in [0, 0.05) is 22.2 Å². The molecule has 24 heavy (non-hydrogen) atoms. The fourth-order valence-electron chi connectivity index (χ4n) is 3.12. The van der Waals surface area contributed by atoms with Gasteiger partial charge in [0.1, 0.15) is 6.04 Å². The maximum Gasteiger partial charge on any atom is 0.320 e. The van der Waals surface area contributed by atoms with E-state index in [2.05, 4.69) is 23.1 Å². The highest BCUT2D eigenvalue weighted by Crippen LogP contribution is 2.34. The molecule has 0 bridgehead atoms. The first-order chi connectivity index (χ1) is 11.6. The minimum atomic E-state index is -0.703. The SMILES string of the molecule is O=C(O)[C@@H]1CCCN1CCSc1cc(Cl)ccc1-c1ccccc1. The number of likely N-dealkylation sites (tertiary alicyclic amines) is 1. The standard InChI is InChI=1S/C19H20ClNO2S/c20-15-8-9-16(14-5-2-1-3-6-14)18(13-15)24-12-11-21-10-4-7-17(21)19(22)23/h1-3,5-6,8-9,13,17H,4,7,10-12H2,(H,22,23)/t17-/m0/s1. The largest absolute Gasteiger partial charge is 0.480 e. The zero-order valence-corrected chi connectivity index (χ0v) is 14.9. The molecule has 1 saturated heterocycles. The number of aliphatic carboxylic acids is 1. The lowest BCUT2D eigenvalue weighted by Gasteiger charge is -2.21. The van der Waals surface area contributed by atoms with E-state index < -0.39 is 5.97 Å². The van der Waals surface area contributed by atoms with Gasteiger partial charge in [-0.1, -0.05) is 48.0 Å². The Bertz CT molecular complexity index is 708. The van der Waals surface area contributed by atoms with E-state index >= 15 is 0 Å². The number of nitrogens with zero attached hydrogens (tertiary/aromatic N) is 1. The van der Waals surface area contributed by atoms with Crippen molar-refractivity contribution in [2.75, 3.05) is 18.8 Å². The third-order valence-corrected chi connectivity index (χ3v) is 5.58. The van der Waals surface area contributed by atoms with E-state index in [9.17, 15) is 9.90 Å². The minimum absolute atomic E-state index is 0.321. The Balaban J connectivity index is 1.69. The van der Waals surface area contributed by atoms with Crippen molar-refractivity contribution in [1.82, 2.24) is 4.90 Å². The first-order valence-corrected chi connectivity index (χ1v) is 9.46. The Morgan fingerprint density at radius 2 is 2.04 bits per heavy atom. The van der Waals surface area contributed by atoms with Crippen molar-refractivity contribution in [1.29, 1.82) is 0 Å². The van der Waals surface area contributed by atoms with E-state index in [-0.39, 0.29) is 6.04 Å². The average Bonchev–Trinajstić information content (AvgIpc) is 3.05. The second-order valence-electron chi connectivity index (χ2n) is 5.89. The summed E-state index contributed by atoms with van der Waals surface area (Å²) in [7, 11) is 0. The number of carbonyl (C=O) groups is 1. The molecule has 0 unspecified atom stereocenters. The van der Waals surface area contributed by atoms with Gasteiger partial charge in [-0.3, -0.25) is 9.69 Å². The summed E-state index contributed by atoms with van der Waals surface area (Å²) in [5, 5.41) is 9.99. The lowest BCUT2D eigenvalue weighted by atomic mass is 10.1. The van der Waals surface area contributed by atoms with Crippen LogP contribution < -0.4 is 0 Å². The number of benzene rings is 2. The second kappa shape index (κ2) is 8.06. The maximum absolute atomic E-state index is 11.3. The summed E-state index contributed by atoms with van der Waals surface area (Å²) in [4.78, 5) is 14.5. The number of hydrogen-bond acceptors (Lipinski definition) is 3. The monoisotopic (exact) mass is 361 g/mol. The van der Waals surface area contributed by atoms with Crippen molar-refractivity contribution in [3.63, 3.8) is 0 Å². The van der Waals surface area contributed by atoms with Gasteiger partial charge in [0.2, 0.25) is 0 Å². The third-order valence-electron chi connectivity index (χ3n) is 4.31. The van der Waals surface area contributed by atoms with Gasteiger partial charge in [0.15, 0.2) is 0 Å². The molecule has 1 atom stereocenters. The molecule has 2 aromatic rings. The number of carboxylic acid groups (broad SMARTS) is 1. The predicted octanol–water partition coefficient (Wildman–Crippen LogP) is 4.65. The van der Waals surface area contributed by atoms with E-state index in [1.807, 2.05) is 30.3 Å². The van der Waals surface area contributed by atoms with Crippen LogP contribution in [0, 0.1) is 0 Å². The Morgan fingerprint density at radius 1 is 1.25 bits per heavy atom. The highest BCUT2D eigenvalue weighted by molar-refractivity contribution is 7.99. The van der Waals surface area contributed by atoms with Gasteiger partial charge in [-0.15, -0.1) is 11.8 Å².